The van der Waals surface area contributed by atoms with Gasteiger partial charge in [0.25, 0.3) is 5.56 Å². The Hall–Kier alpha value is -2.41. The molecule has 0 amide bonds. The summed E-state index contributed by atoms with van der Waals surface area (Å²) in [5.74, 6) is 0. The van der Waals surface area contributed by atoms with Crippen molar-refractivity contribution >= 4 is 32.7 Å². The molecule has 0 fully saturated rings. The Kier molecular flexibility index (Phi) is 4.04. The van der Waals surface area contributed by atoms with Crippen molar-refractivity contribution in [3.63, 3.8) is 0 Å². The summed E-state index contributed by atoms with van der Waals surface area (Å²) in [6, 6.07) is 7.69. The van der Waals surface area contributed by atoms with Gasteiger partial charge in [0, 0.05) is 18.6 Å². The number of nitrogens with zero attached hydrogens (tertiary/aromatic N) is 4. The van der Waals surface area contributed by atoms with Gasteiger partial charge in [-0.15, -0.1) is 5.10 Å². The van der Waals surface area contributed by atoms with Crippen LogP contribution in [0.2, 0.25) is 0 Å². The summed E-state index contributed by atoms with van der Waals surface area (Å²) in [6.45, 7) is 6.07. The van der Waals surface area contributed by atoms with Gasteiger partial charge in [0.2, 0.25) is 0 Å². The molecule has 24 heavy (non-hydrogen) atoms. The Bertz CT molecular complexity index is 1070. The van der Waals surface area contributed by atoms with Crippen molar-refractivity contribution in [1.29, 1.82) is 0 Å². The SMILES string of the molecule is C=C(c1ccc(Br)cc1)n1nc2c(c1CC)c(=O)n(C)c(=O)n2C. The maximum atomic E-state index is 12.6. The van der Waals surface area contributed by atoms with Crippen molar-refractivity contribution in [3.8, 4) is 0 Å². The largest absolute Gasteiger partial charge is 0.332 e. The lowest BCUT2D eigenvalue weighted by Gasteiger charge is -2.09. The van der Waals surface area contributed by atoms with E-state index in [1.165, 1.54) is 11.6 Å². The normalized spacial score (nSPS) is 11.2. The second-order valence-corrected chi connectivity index (χ2v) is 6.49. The molecule has 0 spiro atoms. The van der Waals surface area contributed by atoms with E-state index in [4.69, 9.17) is 0 Å². The first-order chi connectivity index (χ1) is 11.4. The molecular formula is C17H17BrN4O2. The first-order valence-corrected chi connectivity index (χ1v) is 8.29. The predicted octanol–water partition coefficient (Wildman–Crippen LogP) is 2.28. The summed E-state index contributed by atoms with van der Waals surface area (Å²) in [7, 11) is 3.09. The van der Waals surface area contributed by atoms with Crippen molar-refractivity contribution in [1.82, 2.24) is 18.9 Å². The van der Waals surface area contributed by atoms with Crippen LogP contribution in [-0.2, 0) is 20.5 Å². The summed E-state index contributed by atoms with van der Waals surface area (Å²) < 4.78 is 5.13. The van der Waals surface area contributed by atoms with E-state index in [0.717, 1.165) is 20.3 Å². The van der Waals surface area contributed by atoms with Gasteiger partial charge in [0.05, 0.1) is 11.4 Å². The van der Waals surface area contributed by atoms with Crippen LogP contribution in [0.15, 0.2) is 44.9 Å². The molecule has 0 radical (unpaired) electrons. The topological polar surface area (TPSA) is 61.8 Å². The van der Waals surface area contributed by atoms with Crippen LogP contribution in [0.1, 0.15) is 18.2 Å². The maximum absolute atomic E-state index is 12.6. The summed E-state index contributed by atoms with van der Waals surface area (Å²) in [5.41, 5.74) is 1.94. The number of aryl methyl sites for hydroxylation is 2. The van der Waals surface area contributed by atoms with Crippen LogP contribution >= 0.6 is 15.9 Å². The Morgan fingerprint density at radius 3 is 2.38 bits per heavy atom. The highest BCUT2D eigenvalue weighted by atomic mass is 79.9. The molecular weight excluding hydrogens is 372 g/mol. The lowest BCUT2D eigenvalue weighted by molar-refractivity contribution is 0.706. The second kappa shape index (κ2) is 5.90. The van der Waals surface area contributed by atoms with Gasteiger partial charge in [-0.1, -0.05) is 41.6 Å². The highest BCUT2D eigenvalue weighted by Crippen LogP contribution is 2.23. The van der Waals surface area contributed by atoms with Gasteiger partial charge in [-0.05, 0) is 24.1 Å². The van der Waals surface area contributed by atoms with Gasteiger partial charge < -0.3 is 0 Å². The fraction of sp³-hybridized carbons (Fsp3) is 0.235. The molecule has 0 saturated carbocycles. The third-order valence-electron chi connectivity index (χ3n) is 4.14. The highest BCUT2D eigenvalue weighted by molar-refractivity contribution is 9.10. The molecule has 124 valence electrons. The van der Waals surface area contributed by atoms with Crippen molar-refractivity contribution < 1.29 is 0 Å². The molecule has 3 aromatic rings. The van der Waals surface area contributed by atoms with E-state index in [1.807, 2.05) is 31.2 Å². The number of aromatic nitrogens is 4. The smallest absolute Gasteiger partial charge is 0.279 e. The van der Waals surface area contributed by atoms with E-state index >= 15 is 0 Å². The molecule has 0 saturated heterocycles. The fourth-order valence-corrected chi connectivity index (χ4v) is 3.04. The third kappa shape index (κ3) is 2.36. The average Bonchev–Trinajstić information content (AvgIpc) is 2.97. The zero-order valence-corrected chi connectivity index (χ0v) is 15.3. The minimum atomic E-state index is -0.394. The van der Waals surface area contributed by atoms with Gasteiger partial charge in [-0.25, -0.2) is 9.48 Å². The molecule has 7 heteroatoms. The minimum Gasteiger partial charge on any atom is -0.279 e. The molecule has 1 aromatic carbocycles. The van der Waals surface area contributed by atoms with Crippen LogP contribution in [0.25, 0.3) is 16.7 Å². The number of halogens is 1. The van der Waals surface area contributed by atoms with Gasteiger partial charge in [-0.2, -0.15) is 0 Å². The molecule has 6 nitrogen and oxygen atoms in total. The molecule has 0 aliphatic carbocycles. The maximum Gasteiger partial charge on any atom is 0.332 e. The van der Waals surface area contributed by atoms with E-state index in [0.29, 0.717) is 23.2 Å². The molecule has 0 bridgehead atoms. The molecule has 0 N–H and O–H groups in total. The zero-order valence-electron chi connectivity index (χ0n) is 13.7. The van der Waals surface area contributed by atoms with Crippen LogP contribution in [0.3, 0.4) is 0 Å². The summed E-state index contributed by atoms with van der Waals surface area (Å²) in [4.78, 5) is 24.7. The fourth-order valence-electron chi connectivity index (χ4n) is 2.78. The first-order valence-electron chi connectivity index (χ1n) is 7.49. The highest BCUT2D eigenvalue weighted by Gasteiger charge is 2.20. The first kappa shape index (κ1) is 16.4. The van der Waals surface area contributed by atoms with Crippen molar-refractivity contribution in [2.24, 2.45) is 14.1 Å². The molecule has 0 aliphatic heterocycles. The van der Waals surface area contributed by atoms with E-state index in [2.05, 4.69) is 27.6 Å². The van der Waals surface area contributed by atoms with Crippen molar-refractivity contribution in [2.45, 2.75) is 13.3 Å². The van der Waals surface area contributed by atoms with Gasteiger partial charge >= 0.3 is 5.69 Å². The summed E-state index contributed by atoms with van der Waals surface area (Å²) >= 11 is 3.41. The van der Waals surface area contributed by atoms with E-state index in [1.54, 1.807) is 11.7 Å². The predicted molar refractivity (Wildman–Crippen MR) is 98.2 cm³/mol. The van der Waals surface area contributed by atoms with Gasteiger partial charge in [0.15, 0.2) is 5.65 Å². The standard InChI is InChI=1S/C17H17BrN4O2/c1-5-13-14-15(20(3)17(24)21(4)16(14)23)19-22(13)10(2)11-6-8-12(18)9-7-11/h6-9H,2,5H2,1,3-4H3. The number of benzene rings is 1. The molecule has 0 aliphatic rings. The van der Waals surface area contributed by atoms with Gasteiger partial charge in [0.1, 0.15) is 5.39 Å². The lowest BCUT2D eigenvalue weighted by atomic mass is 10.1. The Morgan fingerprint density at radius 2 is 1.79 bits per heavy atom. The number of hydrogen-bond acceptors (Lipinski definition) is 3. The Balaban J connectivity index is 2.34. The molecule has 0 unspecified atom stereocenters. The monoisotopic (exact) mass is 388 g/mol. The van der Waals surface area contributed by atoms with Crippen LogP contribution in [-0.4, -0.2) is 18.9 Å². The van der Waals surface area contributed by atoms with E-state index in [9.17, 15) is 9.59 Å². The second-order valence-electron chi connectivity index (χ2n) is 5.57. The number of hydrogen-bond donors (Lipinski definition) is 0. The van der Waals surface area contributed by atoms with Gasteiger partial charge in [-0.3, -0.25) is 13.9 Å². The third-order valence-corrected chi connectivity index (χ3v) is 4.67. The Morgan fingerprint density at radius 1 is 1.17 bits per heavy atom. The van der Waals surface area contributed by atoms with Crippen LogP contribution in [0.4, 0.5) is 0 Å². The molecule has 0 atom stereocenters. The summed E-state index contributed by atoms with van der Waals surface area (Å²) in [6.07, 6.45) is 0.597. The summed E-state index contributed by atoms with van der Waals surface area (Å²) in [5, 5.41) is 4.96. The average molecular weight is 389 g/mol. The van der Waals surface area contributed by atoms with Crippen molar-refractivity contribution in [2.75, 3.05) is 0 Å². The van der Waals surface area contributed by atoms with Crippen LogP contribution in [0, 0.1) is 0 Å². The van der Waals surface area contributed by atoms with Crippen molar-refractivity contribution in [3.05, 3.63) is 67.4 Å². The Labute approximate surface area is 146 Å². The molecule has 2 aromatic heterocycles. The number of rotatable bonds is 3. The molecule has 3 rings (SSSR count). The van der Waals surface area contributed by atoms with Crippen LogP contribution in [0.5, 0.6) is 0 Å². The molecule has 2 heterocycles. The van der Waals surface area contributed by atoms with E-state index < -0.39 is 5.69 Å². The zero-order chi connectivity index (χ0) is 17.6. The minimum absolute atomic E-state index is 0.334. The number of fused-ring (bicyclic) bond motifs is 1. The van der Waals surface area contributed by atoms with E-state index in [-0.39, 0.29) is 5.56 Å². The lowest BCUT2D eigenvalue weighted by Crippen LogP contribution is -2.37. The quantitative estimate of drug-likeness (QED) is 0.691. The van der Waals surface area contributed by atoms with Crippen LogP contribution < -0.4 is 11.2 Å².